The molecule has 0 aliphatic carbocycles. The number of rotatable bonds is 2. The summed E-state index contributed by atoms with van der Waals surface area (Å²) in [4.78, 5) is 18.6. The Labute approximate surface area is 138 Å². The van der Waals surface area contributed by atoms with Gasteiger partial charge in [0, 0.05) is 29.1 Å². The lowest BCUT2D eigenvalue weighted by molar-refractivity contribution is 0.207. The van der Waals surface area contributed by atoms with Crippen LogP contribution in [0.15, 0.2) is 47.2 Å². The third-order valence-electron chi connectivity index (χ3n) is 4.05. The number of hydrogen-bond donors (Lipinski definition) is 1. The molecule has 4 nitrogen and oxygen atoms in total. The van der Waals surface area contributed by atoms with E-state index >= 15 is 0 Å². The molecule has 0 bridgehead atoms. The summed E-state index contributed by atoms with van der Waals surface area (Å²) in [6, 6.07) is 9.97. The van der Waals surface area contributed by atoms with Crippen LogP contribution in [0, 0.1) is 6.92 Å². The zero-order chi connectivity index (χ0) is 15.5. The average molecular weight is 360 g/mol. The van der Waals surface area contributed by atoms with E-state index < -0.39 is 0 Å². The minimum Gasteiger partial charge on any atom is -0.317 e. The zero-order valence-corrected chi connectivity index (χ0v) is 14.0. The summed E-state index contributed by atoms with van der Waals surface area (Å²) in [7, 11) is 0. The lowest BCUT2D eigenvalue weighted by Crippen LogP contribution is -2.34. The van der Waals surface area contributed by atoms with Crippen molar-refractivity contribution in [3.8, 4) is 0 Å². The maximum Gasteiger partial charge on any atom is 0.322 e. The van der Waals surface area contributed by atoms with E-state index in [0.717, 1.165) is 40.7 Å². The van der Waals surface area contributed by atoms with Crippen LogP contribution in [0.4, 0.5) is 10.5 Å². The van der Waals surface area contributed by atoms with Gasteiger partial charge in [-0.25, -0.2) is 4.79 Å². The molecular weight excluding hydrogens is 342 g/mol. The smallest absolute Gasteiger partial charge is 0.317 e. The first-order chi connectivity index (χ1) is 10.6. The highest BCUT2D eigenvalue weighted by molar-refractivity contribution is 9.10. The van der Waals surface area contributed by atoms with Crippen molar-refractivity contribution in [2.45, 2.75) is 25.8 Å². The predicted molar refractivity (Wildman–Crippen MR) is 90.8 cm³/mol. The van der Waals surface area contributed by atoms with Crippen LogP contribution in [0.5, 0.6) is 0 Å². The molecular formula is C17H18BrN3O. The molecule has 0 spiro atoms. The third kappa shape index (κ3) is 3.14. The lowest BCUT2D eigenvalue weighted by Gasteiger charge is -2.25. The van der Waals surface area contributed by atoms with Crippen LogP contribution in [0.3, 0.4) is 0 Å². The van der Waals surface area contributed by atoms with E-state index in [-0.39, 0.29) is 12.1 Å². The van der Waals surface area contributed by atoms with Crippen LogP contribution in [-0.4, -0.2) is 22.5 Å². The Bertz CT molecular complexity index is 675. The number of carbonyl (C=O) groups is 1. The standard InChI is InChI=1S/C17H18BrN3O/c1-12-4-5-14(18)11-15(12)20-17(22)21-10-2-3-16(21)13-6-8-19-9-7-13/h4-9,11,16H,2-3,10H2,1H3,(H,20,22). The quantitative estimate of drug-likeness (QED) is 0.856. The lowest BCUT2D eigenvalue weighted by atomic mass is 10.1. The number of halogens is 1. The molecule has 3 rings (SSSR count). The predicted octanol–water partition coefficient (Wildman–Crippen LogP) is 4.52. The number of hydrogen-bond acceptors (Lipinski definition) is 2. The van der Waals surface area contributed by atoms with E-state index in [1.165, 1.54) is 0 Å². The molecule has 0 saturated carbocycles. The van der Waals surface area contributed by atoms with E-state index in [0.29, 0.717) is 0 Å². The highest BCUT2D eigenvalue weighted by Crippen LogP contribution is 2.32. The first kappa shape index (κ1) is 15.0. The van der Waals surface area contributed by atoms with Crippen molar-refractivity contribution in [3.63, 3.8) is 0 Å². The number of nitrogens with zero attached hydrogens (tertiary/aromatic N) is 2. The minimum absolute atomic E-state index is 0.0412. The number of carbonyl (C=O) groups excluding carboxylic acids is 1. The SMILES string of the molecule is Cc1ccc(Br)cc1NC(=O)N1CCCC1c1ccncc1. The van der Waals surface area contributed by atoms with Crippen LogP contribution in [0.2, 0.25) is 0 Å². The second-order valence-corrected chi connectivity index (χ2v) is 6.44. The molecule has 5 heteroatoms. The molecule has 1 aromatic heterocycles. The Balaban J connectivity index is 1.78. The van der Waals surface area contributed by atoms with Crippen LogP contribution >= 0.6 is 15.9 Å². The van der Waals surface area contributed by atoms with Gasteiger partial charge in [-0.15, -0.1) is 0 Å². The Kier molecular flexibility index (Phi) is 4.43. The maximum absolute atomic E-state index is 12.6. The summed E-state index contributed by atoms with van der Waals surface area (Å²) in [6.45, 7) is 2.78. The van der Waals surface area contributed by atoms with Crippen molar-refractivity contribution < 1.29 is 4.79 Å². The number of benzene rings is 1. The molecule has 1 fully saturated rings. The van der Waals surface area contributed by atoms with Crippen molar-refractivity contribution in [3.05, 3.63) is 58.3 Å². The van der Waals surface area contributed by atoms with Gasteiger partial charge in [0.05, 0.1) is 6.04 Å². The van der Waals surface area contributed by atoms with Crippen molar-refractivity contribution >= 4 is 27.6 Å². The number of urea groups is 1. The molecule has 1 aromatic carbocycles. The van der Waals surface area contributed by atoms with Crippen molar-refractivity contribution in [1.82, 2.24) is 9.88 Å². The van der Waals surface area contributed by atoms with Gasteiger partial charge < -0.3 is 10.2 Å². The summed E-state index contributed by atoms with van der Waals surface area (Å²) in [5.74, 6) is 0. The number of amides is 2. The average Bonchev–Trinajstić information content (AvgIpc) is 3.01. The molecule has 1 aliphatic rings. The van der Waals surface area contributed by atoms with Gasteiger partial charge in [-0.1, -0.05) is 22.0 Å². The maximum atomic E-state index is 12.6. The molecule has 1 atom stereocenters. The summed E-state index contributed by atoms with van der Waals surface area (Å²) in [5.41, 5.74) is 3.05. The van der Waals surface area contributed by atoms with E-state index in [2.05, 4.69) is 26.2 Å². The fraction of sp³-hybridized carbons (Fsp3) is 0.294. The third-order valence-corrected chi connectivity index (χ3v) is 4.54. The summed E-state index contributed by atoms with van der Waals surface area (Å²) >= 11 is 3.45. The molecule has 2 amide bonds. The van der Waals surface area contributed by atoms with Crippen LogP contribution in [0.1, 0.15) is 30.0 Å². The van der Waals surface area contributed by atoms with Crippen LogP contribution in [0.25, 0.3) is 0 Å². The first-order valence-electron chi connectivity index (χ1n) is 7.39. The molecule has 0 radical (unpaired) electrons. The molecule has 2 aromatic rings. The number of aromatic nitrogens is 1. The Hall–Kier alpha value is -1.88. The fourth-order valence-corrected chi connectivity index (χ4v) is 3.22. The van der Waals surface area contributed by atoms with Gasteiger partial charge in [-0.05, 0) is 55.2 Å². The molecule has 1 saturated heterocycles. The van der Waals surface area contributed by atoms with Crippen molar-refractivity contribution in [1.29, 1.82) is 0 Å². The van der Waals surface area contributed by atoms with Gasteiger partial charge in [-0.3, -0.25) is 4.98 Å². The van der Waals surface area contributed by atoms with E-state index in [1.54, 1.807) is 12.4 Å². The second kappa shape index (κ2) is 6.48. The molecule has 2 heterocycles. The van der Waals surface area contributed by atoms with Gasteiger partial charge in [0.1, 0.15) is 0 Å². The van der Waals surface area contributed by atoms with E-state index in [4.69, 9.17) is 0 Å². The number of nitrogens with one attached hydrogen (secondary N) is 1. The van der Waals surface area contributed by atoms with Gasteiger partial charge in [0.15, 0.2) is 0 Å². The first-order valence-corrected chi connectivity index (χ1v) is 8.18. The fourth-order valence-electron chi connectivity index (χ4n) is 2.86. The summed E-state index contributed by atoms with van der Waals surface area (Å²) in [6.07, 6.45) is 5.58. The van der Waals surface area contributed by atoms with Crippen LogP contribution < -0.4 is 5.32 Å². The number of anilines is 1. The highest BCUT2D eigenvalue weighted by Gasteiger charge is 2.30. The molecule has 1 aliphatic heterocycles. The van der Waals surface area contributed by atoms with Gasteiger partial charge in [-0.2, -0.15) is 0 Å². The summed E-state index contributed by atoms with van der Waals surface area (Å²) < 4.78 is 0.959. The Morgan fingerprint density at radius 2 is 2.09 bits per heavy atom. The van der Waals surface area contributed by atoms with Gasteiger partial charge in [0.2, 0.25) is 0 Å². The highest BCUT2D eigenvalue weighted by atomic mass is 79.9. The zero-order valence-electron chi connectivity index (χ0n) is 12.4. The van der Waals surface area contributed by atoms with Crippen LogP contribution in [-0.2, 0) is 0 Å². The molecule has 1 N–H and O–H groups in total. The monoisotopic (exact) mass is 359 g/mol. The van der Waals surface area contributed by atoms with Gasteiger partial charge in [0.25, 0.3) is 0 Å². The summed E-state index contributed by atoms with van der Waals surface area (Å²) in [5, 5.41) is 3.03. The number of likely N-dealkylation sites (tertiary alicyclic amines) is 1. The van der Waals surface area contributed by atoms with Gasteiger partial charge >= 0.3 is 6.03 Å². The van der Waals surface area contributed by atoms with Crippen molar-refractivity contribution in [2.75, 3.05) is 11.9 Å². The van der Waals surface area contributed by atoms with E-state index in [9.17, 15) is 4.79 Å². The number of pyridine rings is 1. The molecule has 114 valence electrons. The molecule has 1 unspecified atom stereocenters. The Morgan fingerprint density at radius 1 is 1.32 bits per heavy atom. The minimum atomic E-state index is -0.0412. The van der Waals surface area contributed by atoms with E-state index in [1.807, 2.05) is 42.2 Å². The molecule has 22 heavy (non-hydrogen) atoms. The van der Waals surface area contributed by atoms with Crippen molar-refractivity contribution in [2.24, 2.45) is 0 Å². The topological polar surface area (TPSA) is 45.2 Å². The largest absolute Gasteiger partial charge is 0.322 e. The Morgan fingerprint density at radius 3 is 2.86 bits per heavy atom. The normalized spacial score (nSPS) is 17.5. The number of aryl methyl sites for hydroxylation is 1. The second-order valence-electron chi connectivity index (χ2n) is 5.52.